The minimum atomic E-state index is -3.64. The van der Waals surface area contributed by atoms with E-state index in [4.69, 9.17) is 5.11 Å². The SMILES string of the molecule is Cc1cc(S(=O)(=O)N(CCC(=O)O)C(C)C)sc1Br. The highest BCUT2D eigenvalue weighted by molar-refractivity contribution is 9.11. The zero-order valence-electron chi connectivity index (χ0n) is 10.9. The highest BCUT2D eigenvalue weighted by Gasteiger charge is 2.29. The van der Waals surface area contributed by atoms with E-state index in [2.05, 4.69) is 15.9 Å². The summed E-state index contributed by atoms with van der Waals surface area (Å²) in [5, 5.41) is 8.70. The van der Waals surface area contributed by atoms with Gasteiger partial charge in [0.2, 0.25) is 0 Å². The van der Waals surface area contributed by atoms with E-state index in [1.165, 1.54) is 4.31 Å². The Labute approximate surface area is 125 Å². The van der Waals surface area contributed by atoms with E-state index in [0.29, 0.717) is 0 Å². The van der Waals surface area contributed by atoms with Gasteiger partial charge in [-0.05, 0) is 48.3 Å². The van der Waals surface area contributed by atoms with Gasteiger partial charge in [0.25, 0.3) is 10.0 Å². The first kappa shape index (κ1) is 16.6. The highest BCUT2D eigenvalue weighted by atomic mass is 79.9. The Morgan fingerprint density at radius 2 is 2.11 bits per heavy atom. The fourth-order valence-corrected chi connectivity index (χ4v) is 5.53. The Morgan fingerprint density at radius 1 is 1.53 bits per heavy atom. The Balaban J connectivity index is 3.09. The molecule has 1 rings (SSSR count). The van der Waals surface area contributed by atoms with E-state index in [1.807, 2.05) is 6.92 Å². The first-order chi connectivity index (χ1) is 8.66. The van der Waals surface area contributed by atoms with E-state index < -0.39 is 16.0 Å². The molecule has 19 heavy (non-hydrogen) atoms. The first-order valence-corrected chi connectivity index (χ1v) is 8.70. The Morgan fingerprint density at radius 3 is 2.47 bits per heavy atom. The molecule has 0 unspecified atom stereocenters. The number of sulfonamides is 1. The van der Waals surface area contributed by atoms with Gasteiger partial charge in [0.1, 0.15) is 4.21 Å². The summed E-state index contributed by atoms with van der Waals surface area (Å²) >= 11 is 4.44. The van der Waals surface area contributed by atoms with Crippen LogP contribution in [0.4, 0.5) is 0 Å². The number of carboxylic acids is 1. The number of hydrogen-bond acceptors (Lipinski definition) is 4. The van der Waals surface area contributed by atoms with Crippen LogP contribution in [0, 0.1) is 6.92 Å². The lowest BCUT2D eigenvalue weighted by atomic mass is 10.3. The predicted molar refractivity (Wildman–Crippen MR) is 78.0 cm³/mol. The molecule has 1 aromatic rings. The van der Waals surface area contributed by atoms with Crippen molar-refractivity contribution in [2.45, 2.75) is 37.4 Å². The smallest absolute Gasteiger partial charge is 0.304 e. The van der Waals surface area contributed by atoms with Gasteiger partial charge in [0, 0.05) is 12.6 Å². The summed E-state index contributed by atoms with van der Waals surface area (Å²) in [4.78, 5) is 10.6. The highest BCUT2D eigenvalue weighted by Crippen LogP contribution is 2.32. The average molecular weight is 370 g/mol. The molecule has 0 aromatic carbocycles. The molecular formula is C11H16BrNO4S2. The number of rotatable bonds is 6. The first-order valence-electron chi connectivity index (χ1n) is 5.66. The molecule has 1 heterocycles. The summed E-state index contributed by atoms with van der Waals surface area (Å²) in [7, 11) is -3.64. The lowest BCUT2D eigenvalue weighted by Gasteiger charge is -2.24. The van der Waals surface area contributed by atoms with Crippen LogP contribution in [0.5, 0.6) is 0 Å². The molecule has 0 aliphatic heterocycles. The fourth-order valence-electron chi connectivity index (χ4n) is 1.54. The Kier molecular flexibility index (Phi) is 5.54. The number of aliphatic carboxylic acids is 1. The van der Waals surface area contributed by atoms with Crippen LogP contribution in [0.1, 0.15) is 25.8 Å². The third kappa shape index (κ3) is 4.01. The van der Waals surface area contributed by atoms with Crippen LogP contribution < -0.4 is 0 Å². The molecule has 0 spiro atoms. The molecule has 0 fully saturated rings. The van der Waals surface area contributed by atoms with Gasteiger partial charge < -0.3 is 5.11 Å². The molecule has 0 radical (unpaired) electrons. The second-order valence-corrected chi connectivity index (χ2v) is 8.86. The number of nitrogens with zero attached hydrogens (tertiary/aromatic N) is 1. The minimum absolute atomic E-state index is 0.0239. The van der Waals surface area contributed by atoms with Gasteiger partial charge in [-0.3, -0.25) is 4.79 Å². The normalized spacial score (nSPS) is 12.3. The van der Waals surface area contributed by atoms with Crippen molar-refractivity contribution in [3.8, 4) is 0 Å². The quantitative estimate of drug-likeness (QED) is 0.836. The van der Waals surface area contributed by atoms with Crippen molar-refractivity contribution in [3.05, 3.63) is 15.4 Å². The van der Waals surface area contributed by atoms with Crippen molar-refractivity contribution in [3.63, 3.8) is 0 Å². The van der Waals surface area contributed by atoms with Crippen LogP contribution >= 0.6 is 27.3 Å². The van der Waals surface area contributed by atoms with Crippen LogP contribution in [0.3, 0.4) is 0 Å². The van der Waals surface area contributed by atoms with Crippen LogP contribution in [0.25, 0.3) is 0 Å². The second-order valence-electron chi connectivity index (χ2n) is 4.38. The third-order valence-electron chi connectivity index (χ3n) is 2.52. The lowest BCUT2D eigenvalue weighted by molar-refractivity contribution is -0.137. The van der Waals surface area contributed by atoms with E-state index in [-0.39, 0.29) is 23.2 Å². The molecular weight excluding hydrogens is 354 g/mol. The third-order valence-corrected chi connectivity index (χ3v) is 7.18. The maximum Gasteiger partial charge on any atom is 0.304 e. The van der Waals surface area contributed by atoms with Gasteiger partial charge in [0.05, 0.1) is 10.2 Å². The van der Waals surface area contributed by atoms with Crippen LogP contribution in [-0.4, -0.2) is 36.4 Å². The van der Waals surface area contributed by atoms with Crippen molar-refractivity contribution in [1.82, 2.24) is 4.31 Å². The maximum atomic E-state index is 12.5. The molecule has 8 heteroatoms. The van der Waals surface area contributed by atoms with E-state index in [9.17, 15) is 13.2 Å². The predicted octanol–water partition coefficient (Wildman–Crippen LogP) is 2.69. The van der Waals surface area contributed by atoms with Gasteiger partial charge in [-0.2, -0.15) is 4.31 Å². The van der Waals surface area contributed by atoms with E-state index in [0.717, 1.165) is 20.7 Å². The summed E-state index contributed by atoms with van der Waals surface area (Å²) in [6.45, 7) is 5.25. The summed E-state index contributed by atoms with van der Waals surface area (Å²) in [6.07, 6.45) is -0.205. The molecule has 0 aliphatic carbocycles. The Hall–Kier alpha value is -0.440. The average Bonchev–Trinajstić information content (AvgIpc) is 2.58. The molecule has 0 saturated carbocycles. The Bertz CT molecular complexity index is 546. The molecule has 0 amide bonds. The fraction of sp³-hybridized carbons (Fsp3) is 0.545. The number of thiophene rings is 1. The van der Waals surface area contributed by atoms with Crippen LogP contribution in [-0.2, 0) is 14.8 Å². The second kappa shape index (κ2) is 6.34. The number of aryl methyl sites for hydroxylation is 1. The minimum Gasteiger partial charge on any atom is -0.481 e. The summed E-state index contributed by atoms with van der Waals surface area (Å²) < 4.78 is 27.2. The summed E-state index contributed by atoms with van der Waals surface area (Å²) in [5.74, 6) is -1.01. The van der Waals surface area contributed by atoms with Crippen molar-refractivity contribution in [2.75, 3.05) is 6.54 Å². The number of halogens is 1. The molecule has 1 N–H and O–H groups in total. The maximum absolute atomic E-state index is 12.5. The van der Waals surface area contributed by atoms with Gasteiger partial charge in [-0.15, -0.1) is 11.3 Å². The topological polar surface area (TPSA) is 74.7 Å². The summed E-state index contributed by atoms with van der Waals surface area (Å²) in [5.41, 5.74) is 0.852. The van der Waals surface area contributed by atoms with Gasteiger partial charge in [0.15, 0.2) is 0 Å². The monoisotopic (exact) mass is 369 g/mol. The zero-order valence-corrected chi connectivity index (χ0v) is 14.1. The molecule has 0 aliphatic rings. The van der Waals surface area contributed by atoms with Gasteiger partial charge >= 0.3 is 5.97 Å². The molecule has 0 atom stereocenters. The van der Waals surface area contributed by atoms with Gasteiger partial charge in [-0.1, -0.05) is 0 Å². The molecule has 0 bridgehead atoms. The zero-order chi connectivity index (χ0) is 14.8. The number of hydrogen-bond donors (Lipinski definition) is 1. The number of carboxylic acid groups (broad SMARTS) is 1. The molecule has 5 nitrogen and oxygen atoms in total. The number of carbonyl (C=O) groups is 1. The molecule has 108 valence electrons. The van der Waals surface area contributed by atoms with Crippen molar-refractivity contribution in [2.24, 2.45) is 0 Å². The van der Waals surface area contributed by atoms with Crippen LogP contribution in [0.2, 0.25) is 0 Å². The largest absolute Gasteiger partial charge is 0.481 e. The summed E-state index contributed by atoms with van der Waals surface area (Å²) in [6, 6.07) is 1.31. The molecule has 0 saturated heterocycles. The van der Waals surface area contributed by atoms with Gasteiger partial charge in [-0.25, -0.2) is 8.42 Å². The van der Waals surface area contributed by atoms with Crippen molar-refractivity contribution in [1.29, 1.82) is 0 Å². The van der Waals surface area contributed by atoms with Crippen molar-refractivity contribution < 1.29 is 18.3 Å². The van der Waals surface area contributed by atoms with E-state index >= 15 is 0 Å². The molecule has 1 aromatic heterocycles. The lowest BCUT2D eigenvalue weighted by Crippen LogP contribution is -2.38. The van der Waals surface area contributed by atoms with E-state index in [1.54, 1.807) is 19.9 Å². The van der Waals surface area contributed by atoms with Crippen molar-refractivity contribution >= 4 is 43.3 Å². The van der Waals surface area contributed by atoms with Crippen LogP contribution in [0.15, 0.2) is 14.1 Å². The standard InChI is InChI=1S/C11H16BrNO4S2/c1-7(2)13(5-4-9(14)15)19(16,17)10-6-8(3)11(12)18-10/h6-7H,4-5H2,1-3H3,(H,14,15).